The zero-order valence-corrected chi connectivity index (χ0v) is 13.9. The van der Waals surface area contributed by atoms with Crippen molar-refractivity contribution in [3.8, 4) is 11.4 Å². The molecule has 23 heavy (non-hydrogen) atoms. The van der Waals surface area contributed by atoms with Gasteiger partial charge in [0, 0.05) is 12.1 Å². The predicted molar refractivity (Wildman–Crippen MR) is 78.9 cm³/mol. The zero-order valence-electron chi connectivity index (χ0n) is 11.5. The Hall–Kier alpha value is -1.74. The lowest BCUT2D eigenvalue weighted by molar-refractivity contribution is -0.274. The first kappa shape index (κ1) is 17.6. The van der Waals surface area contributed by atoms with E-state index < -0.39 is 18.1 Å². The fourth-order valence-corrected chi connectivity index (χ4v) is 2.37. The number of hydrogen-bond acceptors (Lipinski definition) is 4. The molecule has 0 N–H and O–H groups in total. The van der Waals surface area contributed by atoms with Gasteiger partial charge in [-0.2, -0.15) is 5.10 Å². The lowest BCUT2D eigenvalue weighted by Gasteiger charge is -2.12. The van der Waals surface area contributed by atoms with Crippen LogP contribution >= 0.6 is 27.5 Å². The molecule has 10 heteroatoms. The van der Waals surface area contributed by atoms with Gasteiger partial charge in [0.1, 0.15) is 10.4 Å². The SMILES string of the molecule is CCOC(=O)c1cc(Br)nn1-c1ccc(OC(F)(F)F)cc1Cl. The van der Waals surface area contributed by atoms with Gasteiger partial charge in [-0.1, -0.05) is 11.6 Å². The average molecular weight is 414 g/mol. The highest BCUT2D eigenvalue weighted by Crippen LogP contribution is 2.30. The summed E-state index contributed by atoms with van der Waals surface area (Å²) in [6, 6.07) is 4.72. The lowest BCUT2D eigenvalue weighted by atomic mass is 10.3. The molecule has 2 rings (SSSR count). The molecule has 0 unspecified atom stereocenters. The molecule has 0 atom stereocenters. The standard InChI is InChI=1S/C13H9BrClF3N2O3/c1-2-22-12(21)10-6-11(14)19-20(10)9-4-3-7(5-8(9)15)23-13(16,17)18/h3-6H,2H2,1H3. The van der Waals surface area contributed by atoms with Crippen molar-refractivity contribution in [2.45, 2.75) is 13.3 Å². The molecule has 0 bridgehead atoms. The number of hydrogen-bond donors (Lipinski definition) is 0. The topological polar surface area (TPSA) is 53.3 Å². The molecule has 1 aromatic heterocycles. The van der Waals surface area contributed by atoms with Crippen LogP contribution in [0.5, 0.6) is 5.75 Å². The Labute approximate surface area is 142 Å². The van der Waals surface area contributed by atoms with Crippen molar-refractivity contribution in [3.63, 3.8) is 0 Å². The van der Waals surface area contributed by atoms with E-state index in [1.54, 1.807) is 6.92 Å². The molecule has 0 radical (unpaired) electrons. The van der Waals surface area contributed by atoms with Crippen molar-refractivity contribution in [2.24, 2.45) is 0 Å². The van der Waals surface area contributed by atoms with Gasteiger partial charge in [0.15, 0.2) is 5.69 Å². The zero-order chi connectivity index (χ0) is 17.2. The van der Waals surface area contributed by atoms with Gasteiger partial charge in [0.2, 0.25) is 0 Å². The van der Waals surface area contributed by atoms with Gasteiger partial charge in [0.05, 0.1) is 17.3 Å². The summed E-state index contributed by atoms with van der Waals surface area (Å²) in [5.41, 5.74) is 0.278. The van der Waals surface area contributed by atoms with Gasteiger partial charge in [-0.25, -0.2) is 9.48 Å². The van der Waals surface area contributed by atoms with Crippen LogP contribution in [-0.2, 0) is 4.74 Å². The summed E-state index contributed by atoms with van der Waals surface area (Å²) in [5, 5.41) is 3.96. The second-order valence-corrected chi connectivity index (χ2v) is 5.37. The van der Waals surface area contributed by atoms with E-state index in [-0.39, 0.29) is 23.0 Å². The molecule has 124 valence electrons. The Morgan fingerprint density at radius 1 is 1.39 bits per heavy atom. The highest BCUT2D eigenvalue weighted by atomic mass is 79.9. The number of ether oxygens (including phenoxy) is 2. The minimum absolute atomic E-state index is 0.0742. The monoisotopic (exact) mass is 412 g/mol. The van der Waals surface area contributed by atoms with Gasteiger partial charge in [-0.15, -0.1) is 13.2 Å². The first-order valence-corrected chi connectivity index (χ1v) is 7.36. The van der Waals surface area contributed by atoms with Crippen LogP contribution in [0.1, 0.15) is 17.4 Å². The second kappa shape index (κ2) is 6.79. The normalized spacial score (nSPS) is 11.4. The van der Waals surface area contributed by atoms with Crippen molar-refractivity contribution < 1.29 is 27.4 Å². The van der Waals surface area contributed by atoms with Gasteiger partial charge in [-0.3, -0.25) is 0 Å². The molecule has 0 aliphatic rings. The lowest BCUT2D eigenvalue weighted by Crippen LogP contribution is -2.17. The van der Waals surface area contributed by atoms with Gasteiger partial charge >= 0.3 is 12.3 Å². The van der Waals surface area contributed by atoms with Gasteiger partial charge in [0.25, 0.3) is 0 Å². The molecule has 0 aliphatic heterocycles. The third-order valence-electron chi connectivity index (χ3n) is 2.55. The number of benzene rings is 1. The van der Waals surface area contributed by atoms with E-state index in [1.807, 2.05) is 0 Å². The van der Waals surface area contributed by atoms with Crippen LogP contribution in [0, 0.1) is 0 Å². The number of carbonyl (C=O) groups is 1. The number of nitrogens with zero attached hydrogens (tertiary/aromatic N) is 2. The third kappa shape index (κ3) is 4.38. The summed E-state index contributed by atoms with van der Waals surface area (Å²) in [6.45, 7) is 1.80. The summed E-state index contributed by atoms with van der Waals surface area (Å²) in [4.78, 5) is 11.9. The third-order valence-corrected chi connectivity index (χ3v) is 3.24. The maximum atomic E-state index is 12.2. The molecule has 0 aliphatic carbocycles. The number of halogens is 5. The summed E-state index contributed by atoms with van der Waals surface area (Å²) in [5.74, 6) is -1.12. The molecule has 0 fully saturated rings. The highest BCUT2D eigenvalue weighted by Gasteiger charge is 2.31. The van der Waals surface area contributed by atoms with Crippen LogP contribution in [0.2, 0.25) is 5.02 Å². The second-order valence-electron chi connectivity index (χ2n) is 4.15. The Morgan fingerprint density at radius 2 is 2.09 bits per heavy atom. The minimum atomic E-state index is -4.82. The Kier molecular flexibility index (Phi) is 5.20. The number of alkyl halides is 3. The Morgan fingerprint density at radius 3 is 2.65 bits per heavy atom. The van der Waals surface area contributed by atoms with E-state index in [9.17, 15) is 18.0 Å². The number of carbonyl (C=O) groups excluding carboxylic acids is 1. The Bertz CT molecular complexity index is 734. The van der Waals surface area contributed by atoms with Crippen molar-refractivity contribution in [2.75, 3.05) is 6.61 Å². The molecular formula is C13H9BrClF3N2O3. The van der Waals surface area contributed by atoms with E-state index in [0.717, 1.165) is 12.1 Å². The predicted octanol–water partition coefficient (Wildman–Crippen LogP) is 4.36. The van der Waals surface area contributed by atoms with Crippen LogP contribution in [0.25, 0.3) is 5.69 Å². The van der Waals surface area contributed by atoms with Crippen LogP contribution in [0.3, 0.4) is 0 Å². The number of rotatable bonds is 4. The van der Waals surface area contributed by atoms with E-state index in [4.69, 9.17) is 16.3 Å². The van der Waals surface area contributed by atoms with Crippen molar-refractivity contribution in [1.82, 2.24) is 9.78 Å². The number of aromatic nitrogens is 2. The molecular weight excluding hydrogens is 405 g/mol. The summed E-state index contributed by atoms with van der Waals surface area (Å²) >= 11 is 9.10. The Balaban J connectivity index is 2.41. The molecule has 0 saturated carbocycles. The first-order valence-electron chi connectivity index (χ1n) is 6.19. The van der Waals surface area contributed by atoms with Crippen LogP contribution in [0.15, 0.2) is 28.9 Å². The van der Waals surface area contributed by atoms with E-state index in [0.29, 0.717) is 4.60 Å². The van der Waals surface area contributed by atoms with Gasteiger partial charge in [-0.05, 0) is 35.0 Å². The molecule has 1 aromatic carbocycles. The quantitative estimate of drug-likeness (QED) is 0.699. The van der Waals surface area contributed by atoms with E-state index in [1.165, 1.54) is 16.8 Å². The highest BCUT2D eigenvalue weighted by molar-refractivity contribution is 9.10. The summed E-state index contributed by atoms with van der Waals surface area (Å²) in [6.07, 6.45) is -4.82. The first-order chi connectivity index (χ1) is 10.7. The van der Waals surface area contributed by atoms with Crippen LogP contribution in [0.4, 0.5) is 13.2 Å². The van der Waals surface area contributed by atoms with Crippen LogP contribution in [-0.4, -0.2) is 28.7 Å². The number of esters is 1. The van der Waals surface area contributed by atoms with Crippen LogP contribution < -0.4 is 4.74 Å². The molecule has 5 nitrogen and oxygen atoms in total. The van der Waals surface area contributed by atoms with E-state index in [2.05, 4.69) is 25.8 Å². The largest absolute Gasteiger partial charge is 0.573 e. The van der Waals surface area contributed by atoms with Gasteiger partial charge < -0.3 is 9.47 Å². The molecule has 0 spiro atoms. The summed E-state index contributed by atoms with van der Waals surface area (Å²) < 4.78 is 46.8. The maximum Gasteiger partial charge on any atom is 0.573 e. The maximum absolute atomic E-state index is 12.2. The molecule has 2 aromatic rings. The average Bonchev–Trinajstić information content (AvgIpc) is 2.79. The molecule has 0 amide bonds. The van der Waals surface area contributed by atoms with Crippen molar-refractivity contribution >= 4 is 33.5 Å². The fourth-order valence-electron chi connectivity index (χ4n) is 1.74. The smallest absolute Gasteiger partial charge is 0.461 e. The van der Waals surface area contributed by atoms with Crippen molar-refractivity contribution in [3.05, 3.63) is 39.6 Å². The molecule has 0 saturated heterocycles. The van der Waals surface area contributed by atoms with Crippen molar-refractivity contribution in [1.29, 1.82) is 0 Å². The van der Waals surface area contributed by atoms with E-state index >= 15 is 0 Å². The fraction of sp³-hybridized carbons (Fsp3) is 0.231. The summed E-state index contributed by atoms with van der Waals surface area (Å²) in [7, 11) is 0. The molecule has 1 heterocycles. The minimum Gasteiger partial charge on any atom is -0.461 e.